The highest BCUT2D eigenvalue weighted by atomic mass is 32.1. The molecule has 0 radical (unpaired) electrons. The van der Waals surface area contributed by atoms with Crippen molar-refractivity contribution >= 4 is 27.2 Å². The van der Waals surface area contributed by atoms with Crippen LogP contribution in [-0.4, -0.2) is 4.57 Å². The van der Waals surface area contributed by atoms with Crippen LogP contribution < -0.4 is 4.90 Å². The summed E-state index contributed by atoms with van der Waals surface area (Å²) in [6.07, 6.45) is 8.71. The Balaban J connectivity index is 1.81. The molecule has 2 nitrogen and oxygen atoms in total. The second-order valence-corrected chi connectivity index (χ2v) is 8.86. The van der Waals surface area contributed by atoms with Crippen molar-refractivity contribution in [3.05, 3.63) is 52.5 Å². The minimum Gasteiger partial charge on any atom is -0.354 e. The molecule has 0 saturated heterocycles. The molecule has 1 unspecified atom stereocenters. The minimum atomic E-state index is 0.228. The van der Waals surface area contributed by atoms with Crippen molar-refractivity contribution < 1.29 is 0 Å². The molecule has 2 aromatic heterocycles. The summed E-state index contributed by atoms with van der Waals surface area (Å²) >= 11 is 2.06. The third-order valence-corrected chi connectivity index (χ3v) is 7.82. The maximum Gasteiger partial charge on any atom is 0.0757 e. The molecule has 0 amide bonds. The highest BCUT2D eigenvalue weighted by Gasteiger charge is 2.53. The minimum absolute atomic E-state index is 0.228. The van der Waals surface area contributed by atoms with Gasteiger partial charge in [0.05, 0.1) is 21.8 Å². The van der Waals surface area contributed by atoms with Gasteiger partial charge < -0.3 is 9.47 Å². The molecule has 1 fully saturated rings. The summed E-state index contributed by atoms with van der Waals surface area (Å²) in [7, 11) is 2.21. The van der Waals surface area contributed by atoms with Crippen LogP contribution >= 0.6 is 11.3 Å². The van der Waals surface area contributed by atoms with Gasteiger partial charge in [-0.2, -0.15) is 0 Å². The van der Waals surface area contributed by atoms with E-state index in [-0.39, 0.29) is 5.54 Å². The molecule has 0 N–H and O–H groups in total. The number of hydrogen-bond acceptors (Lipinski definition) is 2. The second kappa shape index (κ2) is 5.38. The standard InChI is InChI=1S/C22H26N2S/c1-4-16-19-20-18(11-14-23(20)3)25-21(19)22(12-7-8-13-22)24(16)17-10-6-5-9-15(17)2/h5-6,9-11,14,16H,4,7-8,12-13H2,1-3H3. The first-order valence-corrected chi connectivity index (χ1v) is 10.4. The molecule has 130 valence electrons. The molecular formula is C22H26N2S. The maximum atomic E-state index is 2.82. The zero-order chi connectivity index (χ0) is 17.2. The zero-order valence-electron chi connectivity index (χ0n) is 15.4. The molecule has 3 heterocycles. The third kappa shape index (κ3) is 1.90. The summed E-state index contributed by atoms with van der Waals surface area (Å²) < 4.78 is 3.82. The highest BCUT2D eigenvalue weighted by Crippen LogP contribution is 2.61. The summed E-state index contributed by atoms with van der Waals surface area (Å²) in [4.78, 5) is 4.49. The fourth-order valence-electron chi connectivity index (χ4n) is 5.42. The average molecular weight is 351 g/mol. The van der Waals surface area contributed by atoms with E-state index >= 15 is 0 Å². The zero-order valence-corrected chi connectivity index (χ0v) is 16.2. The van der Waals surface area contributed by atoms with Crippen molar-refractivity contribution in [2.24, 2.45) is 7.05 Å². The van der Waals surface area contributed by atoms with E-state index in [0.29, 0.717) is 6.04 Å². The number of rotatable bonds is 2. The van der Waals surface area contributed by atoms with Gasteiger partial charge in [0.1, 0.15) is 0 Å². The monoisotopic (exact) mass is 350 g/mol. The summed E-state index contributed by atoms with van der Waals surface area (Å²) in [5.41, 5.74) is 6.19. The van der Waals surface area contributed by atoms with Gasteiger partial charge in [0.15, 0.2) is 0 Å². The lowest BCUT2D eigenvalue weighted by molar-refractivity contribution is 0.408. The molecule has 25 heavy (non-hydrogen) atoms. The molecule has 1 spiro atoms. The Morgan fingerprint density at radius 3 is 2.64 bits per heavy atom. The van der Waals surface area contributed by atoms with Crippen LogP contribution in [0.3, 0.4) is 0 Å². The molecule has 1 aliphatic carbocycles. The van der Waals surface area contributed by atoms with Crippen LogP contribution in [0.15, 0.2) is 36.5 Å². The van der Waals surface area contributed by atoms with E-state index < -0.39 is 0 Å². The normalized spacial score (nSPS) is 21.6. The number of aryl methyl sites for hydroxylation is 2. The number of hydrogen-bond donors (Lipinski definition) is 0. The van der Waals surface area contributed by atoms with Crippen LogP contribution in [0.1, 0.15) is 61.1 Å². The van der Waals surface area contributed by atoms with E-state index in [2.05, 4.69) is 78.2 Å². The van der Waals surface area contributed by atoms with Gasteiger partial charge >= 0.3 is 0 Å². The Morgan fingerprint density at radius 2 is 1.92 bits per heavy atom. The number of aromatic nitrogens is 1. The van der Waals surface area contributed by atoms with Gasteiger partial charge in [-0.25, -0.2) is 0 Å². The van der Waals surface area contributed by atoms with E-state index in [1.54, 1.807) is 10.4 Å². The Kier molecular flexibility index (Phi) is 3.34. The number of thiophene rings is 1. The van der Waals surface area contributed by atoms with Crippen molar-refractivity contribution in [1.82, 2.24) is 4.57 Å². The Bertz CT molecular complexity index is 942. The lowest BCUT2D eigenvalue weighted by Gasteiger charge is -2.41. The predicted molar refractivity (Wildman–Crippen MR) is 108 cm³/mol. The van der Waals surface area contributed by atoms with E-state index in [0.717, 1.165) is 0 Å². The maximum absolute atomic E-state index is 2.82. The average Bonchev–Trinajstić information content (AvgIpc) is 3.34. The molecular weight excluding hydrogens is 324 g/mol. The van der Waals surface area contributed by atoms with Crippen molar-refractivity contribution in [2.45, 2.75) is 57.5 Å². The summed E-state index contributed by atoms with van der Waals surface area (Å²) in [6, 6.07) is 11.8. The molecule has 5 rings (SSSR count). The van der Waals surface area contributed by atoms with Crippen molar-refractivity contribution in [1.29, 1.82) is 0 Å². The van der Waals surface area contributed by atoms with Gasteiger partial charge in [0, 0.05) is 29.4 Å². The molecule has 1 aromatic carbocycles. The SMILES string of the molecule is CCC1c2c(sc3ccn(C)c23)C2(CCCC2)N1c1ccccc1C. The van der Waals surface area contributed by atoms with Crippen LogP contribution in [0.4, 0.5) is 5.69 Å². The molecule has 3 aromatic rings. The highest BCUT2D eigenvalue weighted by molar-refractivity contribution is 7.19. The lowest BCUT2D eigenvalue weighted by Crippen LogP contribution is -2.41. The van der Waals surface area contributed by atoms with Crippen LogP contribution in [0.2, 0.25) is 0 Å². The predicted octanol–water partition coefficient (Wildman–Crippen LogP) is 6.29. The Labute approximate surface area is 154 Å². The summed E-state index contributed by atoms with van der Waals surface area (Å²) in [6.45, 7) is 4.63. The second-order valence-electron chi connectivity index (χ2n) is 7.80. The number of fused-ring (bicyclic) bond motifs is 4. The number of nitrogens with zero attached hydrogens (tertiary/aromatic N) is 2. The van der Waals surface area contributed by atoms with Crippen molar-refractivity contribution in [2.75, 3.05) is 4.90 Å². The quantitative estimate of drug-likeness (QED) is 0.527. The summed E-state index contributed by atoms with van der Waals surface area (Å²) in [5.74, 6) is 0. The van der Waals surface area contributed by atoms with Crippen LogP contribution in [0.5, 0.6) is 0 Å². The largest absolute Gasteiger partial charge is 0.354 e. The number of anilines is 1. The molecule has 1 aliphatic heterocycles. The number of benzene rings is 1. The van der Waals surface area contributed by atoms with E-state index in [9.17, 15) is 0 Å². The Hall–Kier alpha value is -1.74. The first-order valence-electron chi connectivity index (χ1n) is 9.60. The van der Waals surface area contributed by atoms with E-state index in [1.165, 1.54) is 53.6 Å². The van der Waals surface area contributed by atoms with Crippen molar-refractivity contribution in [3.8, 4) is 0 Å². The van der Waals surface area contributed by atoms with E-state index in [4.69, 9.17) is 0 Å². The van der Waals surface area contributed by atoms with Gasteiger partial charge in [-0.05, 0) is 43.9 Å². The topological polar surface area (TPSA) is 8.17 Å². The Morgan fingerprint density at radius 1 is 1.16 bits per heavy atom. The van der Waals surface area contributed by atoms with Gasteiger partial charge in [0.2, 0.25) is 0 Å². The molecule has 2 aliphatic rings. The molecule has 0 bridgehead atoms. The van der Waals surface area contributed by atoms with Crippen LogP contribution in [-0.2, 0) is 12.6 Å². The fourth-order valence-corrected chi connectivity index (χ4v) is 6.96. The molecule has 1 atom stereocenters. The van der Waals surface area contributed by atoms with Crippen LogP contribution in [0.25, 0.3) is 10.2 Å². The first kappa shape index (κ1) is 15.5. The third-order valence-electron chi connectivity index (χ3n) is 6.47. The van der Waals surface area contributed by atoms with Gasteiger partial charge in [0.25, 0.3) is 0 Å². The van der Waals surface area contributed by atoms with Crippen molar-refractivity contribution in [3.63, 3.8) is 0 Å². The fraction of sp³-hybridized carbons (Fsp3) is 0.455. The summed E-state index contributed by atoms with van der Waals surface area (Å²) in [5, 5.41) is 0. The van der Waals surface area contributed by atoms with Gasteiger partial charge in [-0.3, -0.25) is 0 Å². The first-order chi connectivity index (χ1) is 12.2. The smallest absolute Gasteiger partial charge is 0.0757 e. The number of para-hydroxylation sites is 1. The van der Waals surface area contributed by atoms with Gasteiger partial charge in [-0.15, -0.1) is 11.3 Å². The van der Waals surface area contributed by atoms with E-state index in [1.807, 2.05) is 0 Å². The van der Waals surface area contributed by atoms with Crippen LogP contribution in [0, 0.1) is 6.92 Å². The lowest BCUT2D eigenvalue weighted by atomic mass is 9.94. The van der Waals surface area contributed by atoms with Gasteiger partial charge in [-0.1, -0.05) is 38.0 Å². The molecule has 1 saturated carbocycles. The molecule has 3 heteroatoms.